The van der Waals surface area contributed by atoms with Gasteiger partial charge in [0.25, 0.3) is 0 Å². The molecule has 1 aliphatic rings. The normalized spacial score (nSPS) is 15.0. The Morgan fingerprint density at radius 3 is 2.59 bits per heavy atom. The van der Waals surface area contributed by atoms with E-state index in [0.29, 0.717) is 6.61 Å². The molecular weight excluding hydrogens is 280 g/mol. The van der Waals surface area contributed by atoms with Crippen LogP contribution in [-0.2, 0) is 11.4 Å². The van der Waals surface area contributed by atoms with E-state index in [1.165, 1.54) is 0 Å². The van der Waals surface area contributed by atoms with Gasteiger partial charge in [-0.15, -0.1) is 0 Å². The number of anilines is 1. The first-order valence-electron chi connectivity index (χ1n) is 7.49. The summed E-state index contributed by atoms with van der Waals surface area (Å²) in [5.74, 6) is 1.79. The van der Waals surface area contributed by atoms with Gasteiger partial charge in [-0.05, 0) is 24.3 Å². The van der Waals surface area contributed by atoms with Crippen LogP contribution in [0, 0.1) is 0 Å². The average molecular weight is 300 g/mol. The molecule has 0 aliphatic carbocycles. The third-order valence-electron chi connectivity index (χ3n) is 3.88. The highest BCUT2D eigenvalue weighted by atomic mass is 16.5. The number of hydrogen-bond acceptors (Lipinski definition) is 4. The lowest BCUT2D eigenvalue weighted by atomic mass is 10.2. The molecule has 0 radical (unpaired) electrons. The van der Waals surface area contributed by atoms with E-state index in [1.54, 1.807) is 13.2 Å². The fourth-order valence-electron chi connectivity index (χ4n) is 2.65. The maximum Gasteiger partial charge on any atom is 0.219 e. The summed E-state index contributed by atoms with van der Waals surface area (Å²) in [5, 5.41) is 0. The fraction of sp³-hybridized carbons (Fsp3) is 0.353. The van der Waals surface area contributed by atoms with Gasteiger partial charge in [-0.1, -0.05) is 12.1 Å². The Hall–Kier alpha value is -2.43. The number of para-hydroxylation sites is 2. The number of carbonyl (C=O) groups is 1. The predicted octanol–water partition coefficient (Wildman–Crippen LogP) is 2.53. The quantitative estimate of drug-likeness (QED) is 0.870. The average Bonchev–Trinajstić information content (AvgIpc) is 3.07. The fourth-order valence-corrected chi connectivity index (χ4v) is 2.65. The molecule has 5 nitrogen and oxygen atoms in total. The number of carbonyl (C=O) groups excluding carboxylic acids is 1. The minimum atomic E-state index is 0.141. The van der Waals surface area contributed by atoms with Gasteiger partial charge in [0.05, 0.1) is 12.0 Å². The smallest absolute Gasteiger partial charge is 0.219 e. The molecule has 0 atom stereocenters. The summed E-state index contributed by atoms with van der Waals surface area (Å²) in [6.45, 7) is 5.18. The molecule has 0 unspecified atom stereocenters. The first-order chi connectivity index (χ1) is 10.7. The second-order valence-corrected chi connectivity index (χ2v) is 5.33. The molecule has 5 heteroatoms. The zero-order valence-electron chi connectivity index (χ0n) is 12.7. The maximum absolute atomic E-state index is 11.4. The lowest BCUT2D eigenvalue weighted by Crippen LogP contribution is -2.48. The van der Waals surface area contributed by atoms with Gasteiger partial charge < -0.3 is 19.0 Å². The molecule has 1 fully saturated rings. The standard InChI is InChI=1S/C17H20N2O3/c1-14(20)18-8-10-19(11-9-18)16-6-2-3-7-17(16)22-13-15-5-4-12-21-15/h2-7,12H,8-11,13H2,1H3. The van der Waals surface area contributed by atoms with Crippen molar-refractivity contribution in [3.05, 3.63) is 48.4 Å². The van der Waals surface area contributed by atoms with Crippen molar-refractivity contribution < 1.29 is 13.9 Å². The molecule has 116 valence electrons. The Kier molecular flexibility index (Phi) is 4.32. The van der Waals surface area contributed by atoms with Crippen LogP contribution in [-0.4, -0.2) is 37.0 Å². The number of hydrogen-bond donors (Lipinski definition) is 0. The lowest BCUT2D eigenvalue weighted by Gasteiger charge is -2.36. The van der Waals surface area contributed by atoms with Crippen LogP contribution in [0.1, 0.15) is 12.7 Å². The van der Waals surface area contributed by atoms with Crippen LogP contribution >= 0.6 is 0 Å². The van der Waals surface area contributed by atoms with Gasteiger partial charge in [-0.3, -0.25) is 4.79 Å². The number of rotatable bonds is 4. The SMILES string of the molecule is CC(=O)N1CCN(c2ccccc2OCc2ccco2)CC1. The number of piperazine rings is 1. The third kappa shape index (κ3) is 3.24. The Bertz CT molecular complexity index is 617. The van der Waals surface area contributed by atoms with Gasteiger partial charge in [-0.2, -0.15) is 0 Å². The number of furan rings is 1. The second kappa shape index (κ2) is 6.56. The van der Waals surface area contributed by atoms with Crippen LogP contribution in [0.3, 0.4) is 0 Å². The molecule has 0 saturated carbocycles. The Balaban J connectivity index is 1.67. The summed E-state index contributed by atoms with van der Waals surface area (Å²) in [7, 11) is 0. The van der Waals surface area contributed by atoms with E-state index in [0.717, 1.165) is 43.4 Å². The summed E-state index contributed by atoms with van der Waals surface area (Å²) in [6.07, 6.45) is 1.64. The Morgan fingerprint density at radius 2 is 1.91 bits per heavy atom. The van der Waals surface area contributed by atoms with Crippen molar-refractivity contribution >= 4 is 11.6 Å². The second-order valence-electron chi connectivity index (χ2n) is 5.33. The summed E-state index contributed by atoms with van der Waals surface area (Å²) in [4.78, 5) is 15.6. The lowest BCUT2D eigenvalue weighted by molar-refractivity contribution is -0.129. The van der Waals surface area contributed by atoms with Gasteiger partial charge in [0.1, 0.15) is 18.1 Å². The number of ether oxygens (including phenoxy) is 1. The molecule has 0 bridgehead atoms. The van der Waals surface area contributed by atoms with Crippen molar-refractivity contribution in [2.24, 2.45) is 0 Å². The van der Waals surface area contributed by atoms with Crippen molar-refractivity contribution in [1.82, 2.24) is 4.90 Å². The molecule has 22 heavy (non-hydrogen) atoms. The molecule has 1 aromatic heterocycles. The summed E-state index contributed by atoms with van der Waals surface area (Å²) < 4.78 is 11.2. The highest BCUT2D eigenvalue weighted by molar-refractivity contribution is 5.73. The topological polar surface area (TPSA) is 45.9 Å². The van der Waals surface area contributed by atoms with Crippen molar-refractivity contribution in [2.75, 3.05) is 31.1 Å². The minimum absolute atomic E-state index is 0.141. The van der Waals surface area contributed by atoms with E-state index in [-0.39, 0.29) is 5.91 Å². The predicted molar refractivity (Wildman–Crippen MR) is 83.9 cm³/mol. The van der Waals surface area contributed by atoms with Crippen LogP contribution < -0.4 is 9.64 Å². The zero-order chi connectivity index (χ0) is 15.4. The molecule has 1 aliphatic heterocycles. The van der Waals surface area contributed by atoms with Gasteiger partial charge in [0.2, 0.25) is 5.91 Å². The van der Waals surface area contributed by atoms with Crippen molar-refractivity contribution in [3.8, 4) is 5.75 Å². The first kappa shape index (κ1) is 14.5. The van der Waals surface area contributed by atoms with Gasteiger partial charge >= 0.3 is 0 Å². The van der Waals surface area contributed by atoms with Crippen molar-refractivity contribution in [3.63, 3.8) is 0 Å². The summed E-state index contributed by atoms with van der Waals surface area (Å²) in [6, 6.07) is 11.7. The number of nitrogens with zero attached hydrogens (tertiary/aromatic N) is 2. The molecular formula is C17H20N2O3. The summed E-state index contributed by atoms with van der Waals surface area (Å²) >= 11 is 0. The molecule has 1 amide bonds. The third-order valence-corrected chi connectivity index (χ3v) is 3.88. The molecule has 1 aromatic carbocycles. The largest absolute Gasteiger partial charge is 0.483 e. The van der Waals surface area contributed by atoms with Crippen LogP contribution in [0.25, 0.3) is 0 Å². The molecule has 0 N–H and O–H groups in total. The maximum atomic E-state index is 11.4. The molecule has 2 aromatic rings. The van der Waals surface area contributed by atoms with Crippen LogP contribution in [0.5, 0.6) is 5.75 Å². The van der Waals surface area contributed by atoms with E-state index in [4.69, 9.17) is 9.15 Å². The summed E-state index contributed by atoms with van der Waals surface area (Å²) in [5.41, 5.74) is 1.07. The molecule has 0 spiro atoms. The van der Waals surface area contributed by atoms with Crippen LogP contribution in [0.4, 0.5) is 5.69 Å². The zero-order valence-corrected chi connectivity index (χ0v) is 12.7. The van der Waals surface area contributed by atoms with E-state index >= 15 is 0 Å². The Labute approximate surface area is 130 Å². The molecule has 2 heterocycles. The van der Waals surface area contributed by atoms with E-state index in [9.17, 15) is 4.79 Å². The monoisotopic (exact) mass is 300 g/mol. The minimum Gasteiger partial charge on any atom is -0.483 e. The van der Waals surface area contributed by atoms with Crippen molar-refractivity contribution in [2.45, 2.75) is 13.5 Å². The van der Waals surface area contributed by atoms with Gasteiger partial charge in [-0.25, -0.2) is 0 Å². The van der Waals surface area contributed by atoms with Crippen LogP contribution in [0.15, 0.2) is 47.1 Å². The number of amides is 1. The van der Waals surface area contributed by atoms with Gasteiger partial charge in [0.15, 0.2) is 0 Å². The van der Waals surface area contributed by atoms with Crippen molar-refractivity contribution in [1.29, 1.82) is 0 Å². The van der Waals surface area contributed by atoms with Gasteiger partial charge in [0, 0.05) is 33.1 Å². The first-order valence-corrected chi connectivity index (χ1v) is 7.49. The van der Waals surface area contributed by atoms with E-state index in [1.807, 2.05) is 35.2 Å². The van der Waals surface area contributed by atoms with E-state index in [2.05, 4.69) is 11.0 Å². The molecule has 3 rings (SSSR count). The molecule has 1 saturated heterocycles. The Morgan fingerprint density at radius 1 is 1.14 bits per heavy atom. The van der Waals surface area contributed by atoms with E-state index < -0.39 is 0 Å². The highest BCUT2D eigenvalue weighted by Crippen LogP contribution is 2.29. The highest BCUT2D eigenvalue weighted by Gasteiger charge is 2.20. The number of benzene rings is 1. The van der Waals surface area contributed by atoms with Crippen LogP contribution in [0.2, 0.25) is 0 Å².